The van der Waals surface area contributed by atoms with Crippen molar-refractivity contribution in [2.45, 2.75) is 56.2 Å². The van der Waals surface area contributed by atoms with Crippen LogP contribution >= 0.6 is 0 Å². The van der Waals surface area contributed by atoms with Crippen molar-refractivity contribution in [3.63, 3.8) is 0 Å². The molecule has 1 aliphatic heterocycles. The van der Waals surface area contributed by atoms with Crippen molar-refractivity contribution in [1.82, 2.24) is 9.62 Å². The first kappa shape index (κ1) is 15.7. The van der Waals surface area contributed by atoms with Crippen molar-refractivity contribution in [3.05, 3.63) is 0 Å². The number of amides is 1. The van der Waals surface area contributed by atoms with Crippen LogP contribution in [0.1, 0.15) is 44.9 Å². The Labute approximate surface area is 121 Å². The first-order chi connectivity index (χ1) is 9.50. The Hall–Kier alpha value is -0.660. The van der Waals surface area contributed by atoms with Gasteiger partial charge in [0.05, 0.1) is 11.3 Å². The molecule has 1 amide bonds. The number of hydrogen-bond acceptors (Lipinski definition) is 4. The predicted molar refractivity (Wildman–Crippen MR) is 77.6 cm³/mol. The van der Waals surface area contributed by atoms with Crippen molar-refractivity contribution >= 4 is 15.9 Å². The van der Waals surface area contributed by atoms with Crippen LogP contribution in [0.3, 0.4) is 0 Å². The van der Waals surface area contributed by atoms with Gasteiger partial charge in [0.1, 0.15) is 0 Å². The highest BCUT2D eigenvalue weighted by molar-refractivity contribution is 7.90. The van der Waals surface area contributed by atoms with Gasteiger partial charge in [-0.25, -0.2) is 13.1 Å². The van der Waals surface area contributed by atoms with Crippen molar-refractivity contribution in [2.24, 2.45) is 5.73 Å². The maximum absolute atomic E-state index is 12.0. The summed E-state index contributed by atoms with van der Waals surface area (Å²) in [7, 11) is -3.14. The summed E-state index contributed by atoms with van der Waals surface area (Å²) in [6, 6.07) is -0.499. The second-order valence-corrected chi connectivity index (χ2v) is 7.82. The summed E-state index contributed by atoms with van der Waals surface area (Å²) >= 11 is 0. The van der Waals surface area contributed by atoms with E-state index in [1.807, 2.05) is 4.90 Å². The first-order valence-electron chi connectivity index (χ1n) is 7.53. The quantitative estimate of drug-likeness (QED) is 0.657. The summed E-state index contributed by atoms with van der Waals surface area (Å²) in [6.45, 7) is 1.99. The molecule has 2 fully saturated rings. The zero-order valence-electron chi connectivity index (χ0n) is 11.9. The molecule has 1 unspecified atom stereocenters. The molecule has 1 heterocycles. The number of rotatable bonds is 7. The molecule has 1 aliphatic carbocycles. The fraction of sp³-hybridized carbons (Fsp3) is 0.923. The molecule has 0 bridgehead atoms. The molecule has 116 valence electrons. The minimum Gasteiger partial charge on any atom is -0.341 e. The maximum Gasteiger partial charge on any atom is 0.239 e. The monoisotopic (exact) mass is 303 g/mol. The lowest BCUT2D eigenvalue weighted by Crippen LogP contribution is -2.43. The van der Waals surface area contributed by atoms with E-state index in [-0.39, 0.29) is 11.2 Å². The van der Waals surface area contributed by atoms with Gasteiger partial charge in [-0.05, 0) is 38.5 Å². The molecule has 6 nitrogen and oxygen atoms in total. The van der Waals surface area contributed by atoms with Gasteiger partial charge in [-0.3, -0.25) is 4.79 Å². The third kappa shape index (κ3) is 3.93. The van der Waals surface area contributed by atoms with Gasteiger partial charge in [0.2, 0.25) is 15.9 Å². The third-order valence-electron chi connectivity index (χ3n) is 4.22. The van der Waals surface area contributed by atoms with Gasteiger partial charge in [0.15, 0.2) is 0 Å². The van der Waals surface area contributed by atoms with E-state index in [9.17, 15) is 13.2 Å². The molecular formula is C13H25N3O3S. The van der Waals surface area contributed by atoms with Crippen LogP contribution in [0.5, 0.6) is 0 Å². The van der Waals surface area contributed by atoms with E-state index in [1.54, 1.807) is 0 Å². The first-order valence-corrected chi connectivity index (χ1v) is 9.08. The minimum absolute atomic E-state index is 0.00403. The van der Waals surface area contributed by atoms with Crippen LogP contribution in [-0.4, -0.2) is 50.2 Å². The van der Waals surface area contributed by atoms with Gasteiger partial charge >= 0.3 is 0 Å². The van der Waals surface area contributed by atoms with E-state index in [2.05, 4.69) is 4.72 Å². The second-order valence-electron chi connectivity index (χ2n) is 5.77. The Balaban J connectivity index is 1.63. The predicted octanol–water partition coefficient (Wildman–Crippen LogP) is 0.188. The lowest BCUT2D eigenvalue weighted by molar-refractivity contribution is -0.131. The average Bonchev–Trinajstić information content (AvgIpc) is 2.84. The van der Waals surface area contributed by atoms with E-state index in [1.165, 1.54) is 0 Å². The number of nitrogens with two attached hydrogens (primary N) is 1. The van der Waals surface area contributed by atoms with Gasteiger partial charge in [0.25, 0.3) is 0 Å². The van der Waals surface area contributed by atoms with Crippen LogP contribution in [0, 0.1) is 0 Å². The molecule has 0 aromatic carbocycles. The number of sulfonamides is 1. The standard InChI is InChI=1S/C13H25N3O3S/c14-12(13(17)16-9-1-2-10-16)7-4-8-15-20(18,19)11-5-3-6-11/h11-12,15H,1-10,14H2. The molecule has 0 radical (unpaired) electrons. The molecular weight excluding hydrogens is 278 g/mol. The van der Waals surface area contributed by atoms with Crippen molar-refractivity contribution in [1.29, 1.82) is 0 Å². The second kappa shape index (κ2) is 6.87. The molecule has 1 saturated heterocycles. The maximum atomic E-state index is 12.0. The molecule has 20 heavy (non-hydrogen) atoms. The molecule has 0 aromatic rings. The molecule has 2 aliphatic rings. The highest BCUT2D eigenvalue weighted by atomic mass is 32.2. The summed E-state index contributed by atoms with van der Waals surface area (Å²) in [5.41, 5.74) is 5.88. The van der Waals surface area contributed by atoms with Crippen LogP contribution in [0.25, 0.3) is 0 Å². The van der Waals surface area contributed by atoms with E-state index in [0.717, 1.165) is 45.2 Å². The highest BCUT2D eigenvalue weighted by Crippen LogP contribution is 2.25. The fourth-order valence-corrected chi connectivity index (χ4v) is 4.25. The van der Waals surface area contributed by atoms with Gasteiger partial charge in [-0.15, -0.1) is 0 Å². The Morgan fingerprint density at radius 3 is 2.45 bits per heavy atom. The molecule has 2 rings (SSSR count). The van der Waals surface area contributed by atoms with E-state index < -0.39 is 16.1 Å². The number of carbonyl (C=O) groups excluding carboxylic acids is 1. The van der Waals surface area contributed by atoms with Crippen molar-refractivity contribution in [2.75, 3.05) is 19.6 Å². The van der Waals surface area contributed by atoms with Crippen LogP contribution in [0.15, 0.2) is 0 Å². The molecule has 1 atom stereocenters. The number of nitrogens with zero attached hydrogens (tertiary/aromatic N) is 1. The summed E-state index contributed by atoms with van der Waals surface area (Å²) in [5, 5.41) is -0.206. The molecule has 0 spiro atoms. The zero-order chi connectivity index (χ0) is 14.6. The fourth-order valence-electron chi connectivity index (χ4n) is 2.63. The van der Waals surface area contributed by atoms with Gasteiger partial charge in [0, 0.05) is 19.6 Å². The zero-order valence-corrected chi connectivity index (χ0v) is 12.7. The Morgan fingerprint density at radius 1 is 1.25 bits per heavy atom. The number of likely N-dealkylation sites (tertiary alicyclic amines) is 1. The largest absolute Gasteiger partial charge is 0.341 e. The van der Waals surface area contributed by atoms with Gasteiger partial charge < -0.3 is 10.6 Å². The highest BCUT2D eigenvalue weighted by Gasteiger charge is 2.30. The average molecular weight is 303 g/mol. The lowest BCUT2D eigenvalue weighted by atomic mass is 10.0. The Kier molecular flexibility index (Phi) is 5.40. The number of nitrogens with one attached hydrogen (secondary N) is 1. The van der Waals surface area contributed by atoms with Crippen LogP contribution < -0.4 is 10.5 Å². The number of hydrogen-bond donors (Lipinski definition) is 2. The molecule has 3 N–H and O–H groups in total. The van der Waals surface area contributed by atoms with E-state index in [0.29, 0.717) is 19.4 Å². The lowest BCUT2D eigenvalue weighted by Gasteiger charge is -2.25. The summed E-state index contributed by atoms with van der Waals surface area (Å²) in [5.74, 6) is 0.00403. The van der Waals surface area contributed by atoms with Crippen molar-refractivity contribution in [3.8, 4) is 0 Å². The molecule has 0 aromatic heterocycles. The van der Waals surface area contributed by atoms with E-state index >= 15 is 0 Å². The van der Waals surface area contributed by atoms with Crippen LogP contribution in [-0.2, 0) is 14.8 Å². The smallest absolute Gasteiger partial charge is 0.239 e. The summed E-state index contributed by atoms with van der Waals surface area (Å²) in [6.07, 6.45) is 5.78. The van der Waals surface area contributed by atoms with Gasteiger partial charge in [-0.2, -0.15) is 0 Å². The van der Waals surface area contributed by atoms with Crippen molar-refractivity contribution < 1.29 is 13.2 Å². The summed E-state index contributed by atoms with van der Waals surface area (Å²) < 4.78 is 26.2. The third-order valence-corrected chi connectivity index (χ3v) is 6.18. The topological polar surface area (TPSA) is 92.5 Å². The number of carbonyl (C=O) groups is 1. The van der Waals surface area contributed by atoms with Gasteiger partial charge in [-0.1, -0.05) is 6.42 Å². The summed E-state index contributed by atoms with van der Waals surface area (Å²) in [4.78, 5) is 13.8. The van der Waals surface area contributed by atoms with E-state index in [4.69, 9.17) is 5.73 Å². The Bertz CT molecular complexity index is 428. The minimum atomic E-state index is -3.14. The molecule has 7 heteroatoms. The SMILES string of the molecule is NC(CCCNS(=O)(=O)C1CCC1)C(=O)N1CCCC1. The normalized spacial score (nSPS) is 21.8. The van der Waals surface area contributed by atoms with Crippen LogP contribution in [0.2, 0.25) is 0 Å². The molecule has 1 saturated carbocycles. The van der Waals surface area contributed by atoms with Crippen LogP contribution in [0.4, 0.5) is 0 Å². The Morgan fingerprint density at radius 2 is 1.90 bits per heavy atom.